The number of hydrogen-bond acceptors (Lipinski definition) is 2. The average molecular weight is 381 g/mol. The number of hydrogen-bond donors (Lipinski definition) is 2. The third-order valence-electron chi connectivity index (χ3n) is 5.09. The molecule has 2 aromatic carbocycles. The molecule has 0 aliphatic carbocycles. The molecule has 0 bridgehead atoms. The Kier molecular flexibility index (Phi) is 4.53. The molecule has 142 valence electrons. The molecule has 2 aromatic heterocycles. The summed E-state index contributed by atoms with van der Waals surface area (Å²) in [5.74, 6) is -0.971. The number of allylic oxidation sites excluding steroid dienone is 1. The number of rotatable bonds is 4. The molecule has 0 saturated heterocycles. The van der Waals surface area contributed by atoms with Crippen LogP contribution in [0.15, 0.2) is 60.7 Å². The SMILES string of the molecule is Cc1cc(/C=C(/C#N)c2cc3ccccc3[nH]2)c(C)n1-c1ccccc1C(=O)O. The standard InChI is InChI=1S/C24H19N3O2/c1-15-11-18(16(2)27(15)23-10-6-4-8-20(23)24(28)29)12-19(14-25)22-13-17-7-3-5-9-21(17)26-22/h3-13,26H,1-2H3,(H,28,29)/b19-12-. The molecule has 0 radical (unpaired) electrons. The van der Waals surface area contributed by atoms with Crippen LogP contribution in [-0.2, 0) is 0 Å². The second-order valence-electron chi connectivity index (χ2n) is 6.92. The van der Waals surface area contributed by atoms with Gasteiger partial charge in [0, 0.05) is 22.3 Å². The van der Waals surface area contributed by atoms with Crippen LogP contribution in [-0.4, -0.2) is 20.6 Å². The molecule has 0 aliphatic rings. The monoisotopic (exact) mass is 381 g/mol. The molecule has 0 spiro atoms. The Bertz CT molecular complexity index is 1280. The molecule has 0 unspecified atom stereocenters. The zero-order chi connectivity index (χ0) is 20.5. The van der Waals surface area contributed by atoms with Crippen molar-refractivity contribution in [3.63, 3.8) is 0 Å². The van der Waals surface area contributed by atoms with Crippen LogP contribution in [0.5, 0.6) is 0 Å². The first-order valence-corrected chi connectivity index (χ1v) is 9.21. The number of aryl methyl sites for hydroxylation is 1. The van der Waals surface area contributed by atoms with E-state index in [1.807, 2.05) is 67.0 Å². The first kappa shape index (κ1) is 18.3. The van der Waals surface area contributed by atoms with Gasteiger partial charge in [0.2, 0.25) is 0 Å². The highest BCUT2D eigenvalue weighted by atomic mass is 16.4. The van der Waals surface area contributed by atoms with Gasteiger partial charge in [-0.25, -0.2) is 4.79 Å². The third kappa shape index (κ3) is 3.21. The number of aromatic amines is 1. The summed E-state index contributed by atoms with van der Waals surface area (Å²) in [5, 5.41) is 20.3. The second-order valence-corrected chi connectivity index (χ2v) is 6.92. The number of benzene rings is 2. The van der Waals surface area contributed by atoms with E-state index >= 15 is 0 Å². The van der Waals surface area contributed by atoms with Gasteiger partial charge in [0.05, 0.1) is 22.5 Å². The summed E-state index contributed by atoms with van der Waals surface area (Å²) in [6.07, 6.45) is 1.84. The van der Waals surface area contributed by atoms with E-state index in [-0.39, 0.29) is 5.56 Å². The summed E-state index contributed by atoms with van der Waals surface area (Å²) >= 11 is 0. The Balaban J connectivity index is 1.84. The molecule has 4 aromatic rings. The summed E-state index contributed by atoms with van der Waals surface area (Å²) in [5.41, 5.74) is 5.75. The van der Waals surface area contributed by atoms with Crippen molar-refractivity contribution < 1.29 is 9.90 Å². The fourth-order valence-corrected chi connectivity index (χ4v) is 3.70. The van der Waals surface area contributed by atoms with Crippen LogP contribution in [0, 0.1) is 25.2 Å². The molecule has 0 atom stereocenters. The number of para-hydroxylation sites is 2. The van der Waals surface area contributed by atoms with Crippen molar-refractivity contribution >= 4 is 28.5 Å². The van der Waals surface area contributed by atoms with Crippen molar-refractivity contribution in [2.24, 2.45) is 0 Å². The Morgan fingerprint density at radius 3 is 2.55 bits per heavy atom. The van der Waals surface area contributed by atoms with Gasteiger partial charge in [-0.05, 0) is 55.8 Å². The lowest BCUT2D eigenvalue weighted by Crippen LogP contribution is -2.07. The zero-order valence-electron chi connectivity index (χ0n) is 16.1. The van der Waals surface area contributed by atoms with Crippen molar-refractivity contribution in [3.05, 3.63) is 88.9 Å². The molecular formula is C24H19N3O2. The summed E-state index contributed by atoms with van der Waals surface area (Å²) in [6, 6.07) is 21.0. The van der Waals surface area contributed by atoms with Crippen LogP contribution >= 0.6 is 0 Å². The van der Waals surface area contributed by atoms with E-state index in [2.05, 4.69) is 11.1 Å². The van der Waals surface area contributed by atoms with Crippen LogP contribution in [0.1, 0.15) is 33.0 Å². The summed E-state index contributed by atoms with van der Waals surface area (Å²) in [6.45, 7) is 3.86. The van der Waals surface area contributed by atoms with Gasteiger partial charge in [0.25, 0.3) is 0 Å². The Morgan fingerprint density at radius 1 is 1.10 bits per heavy atom. The maximum Gasteiger partial charge on any atom is 0.337 e. The molecule has 4 rings (SSSR count). The lowest BCUT2D eigenvalue weighted by atomic mass is 10.1. The van der Waals surface area contributed by atoms with Crippen molar-refractivity contribution in [3.8, 4) is 11.8 Å². The van der Waals surface area contributed by atoms with Crippen molar-refractivity contribution in [2.45, 2.75) is 13.8 Å². The van der Waals surface area contributed by atoms with Gasteiger partial charge in [-0.1, -0.05) is 30.3 Å². The molecule has 2 N–H and O–H groups in total. The number of carboxylic acid groups (broad SMARTS) is 1. The number of H-pyrrole nitrogens is 1. The van der Waals surface area contributed by atoms with Gasteiger partial charge >= 0.3 is 5.97 Å². The predicted octanol–water partition coefficient (Wildman–Crippen LogP) is 5.34. The largest absolute Gasteiger partial charge is 0.478 e. The molecule has 0 aliphatic heterocycles. The number of nitriles is 1. The van der Waals surface area contributed by atoms with Crippen LogP contribution < -0.4 is 0 Å². The number of nitrogens with one attached hydrogen (secondary N) is 1. The molecule has 0 saturated carbocycles. The summed E-state index contributed by atoms with van der Waals surface area (Å²) in [4.78, 5) is 14.9. The van der Waals surface area contributed by atoms with Crippen LogP contribution in [0.4, 0.5) is 0 Å². The van der Waals surface area contributed by atoms with Crippen LogP contribution in [0.25, 0.3) is 28.2 Å². The van der Waals surface area contributed by atoms with Crippen molar-refractivity contribution in [1.82, 2.24) is 9.55 Å². The Hall–Kier alpha value is -4.04. The average Bonchev–Trinajstić information content (AvgIpc) is 3.26. The Labute approximate surface area is 168 Å². The van der Waals surface area contributed by atoms with Gasteiger partial charge in [0.1, 0.15) is 6.07 Å². The first-order valence-electron chi connectivity index (χ1n) is 9.21. The number of carbonyl (C=O) groups is 1. The highest BCUT2D eigenvalue weighted by Crippen LogP contribution is 2.28. The quantitative estimate of drug-likeness (QED) is 0.468. The highest BCUT2D eigenvalue weighted by molar-refractivity contribution is 5.95. The molecule has 2 heterocycles. The van der Waals surface area contributed by atoms with Crippen LogP contribution in [0.2, 0.25) is 0 Å². The van der Waals surface area contributed by atoms with Gasteiger partial charge in [-0.2, -0.15) is 5.26 Å². The molecule has 29 heavy (non-hydrogen) atoms. The number of carboxylic acids is 1. The van der Waals surface area contributed by atoms with Crippen molar-refractivity contribution in [2.75, 3.05) is 0 Å². The summed E-state index contributed by atoms with van der Waals surface area (Å²) in [7, 11) is 0. The van der Waals surface area contributed by atoms with E-state index in [1.165, 1.54) is 0 Å². The lowest BCUT2D eigenvalue weighted by molar-refractivity contribution is 0.0697. The second kappa shape index (κ2) is 7.17. The third-order valence-corrected chi connectivity index (χ3v) is 5.09. The zero-order valence-corrected chi connectivity index (χ0v) is 16.1. The fourth-order valence-electron chi connectivity index (χ4n) is 3.70. The molecule has 5 nitrogen and oxygen atoms in total. The number of nitrogens with zero attached hydrogens (tertiary/aromatic N) is 2. The minimum atomic E-state index is -0.971. The van der Waals surface area contributed by atoms with E-state index in [1.54, 1.807) is 18.2 Å². The van der Waals surface area contributed by atoms with E-state index in [0.29, 0.717) is 11.3 Å². The van der Waals surface area contributed by atoms with Gasteiger partial charge in [-0.15, -0.1) is 0 Å². The van der Waals surface area contributed by atoms with Crippen molar-refractivity contribution in [1.29, 1.82) is 5.26 Å². The summed E-state index contributed by atoms with van der Waals surface area (Å²) < 4.78 is 1.91. The molecule has 5 heteroatoms. The number of fused-ring (bicyclic) bond motifs is 1. The smallest absolute Gasteiger partial charge is 0.337 e. The number of aromatic carboxylic acids is 1. The molecule has 0 amide bonds. The fraction of sp³-hybridized carbons (Fsp3) is 0.0833. The lowest BCUT2D eigenvalue weighted by Gasteiger charge is -2.12. The maximum absolute atomic E-state index is 11.6. The van der Waals surface area contributed by atoms with Gasteiger partial charge in [0.15, 0.2) is 0 Å². The maximum atomic E-state index is 11.6. The van der Waals surface area contributed by atoms with E-state index in [0.717, 1.165) is 33.5 Å². The highest BCUT2D eigenvalue weighted by Gasteiger charge is 2.16. The minimum absolute atomic E-state index is 0.237. The molecular weight excluding hydrogens is 362 g/mol. The van der Waals surface area contributed by atoms with Gasteiger partial charge < -0.3 is 14.7 Å². The van der Waals surface area contributed by atoms with Gasteiger partial charge in [-0.3, -0.25) is 0 Å². The topological polar surface area (TPSA) is 81.8 Å². The predicted molar refractivity (Wildman–Crippen MR) is 114 cm³/mol. The normalized spacial score (nSPS) is 11.6. The van der Waals surface area contributed by atoms with E-state index in [4.69, 9.17) is 0 Å². The van der Waals surface area contributed by atoms with Crippen LogP contribution in [0.3, 0.4) is 0 Å². The molecule has 0 fully saturated rings. The Morgan fingerprint density at radius 2 is 1.83 bits per heavy atom. The number of aromatic nitrogens is 2. The minimum Gasteiger partial charge on any atom is -0.478 e. The van der Waals surface area contributed by atoms with E-state index in [9.17, 15) is 15.2 Å². The van der Waals surface area contributed by atoms with E-state index < -0.39 is 5.97 Å². The first-order chi connectivity index (χ1) is 14.0.